The summed E-state index contributed by atoms with van der Waals surface area (Å²) in [6, 6.07) is 8.08. The highest BCUT2D eigenvalue weighted by atomic mass is 32.2. The van der Waals surface area contributed by atoms with Crippen LogP contribution in [0.25, 0.3) is 0 Å². The van der Waals surface area contributed by atoms with E-state index in [9.17, 15) is 8.60 Å². The number of hydrogen-bond acceptors (Lipinski definition) is 3. The van der Waals surface area contributed by atoms with E-state index in [0.29, 0.717) is 11.3 Å². The van der Waals surface area contributed by atoms with E-state index >= 15 is 0 Å². The molecule has 1 heterocycles. The predicted octanol–water partition coefficient (Wildman–Crippen LogP) is 2.57. The van der Waals surface area contributed by atoms with Crippen LogP contribution in [0.5, 0.6) is 0 Å². The first-order chi connectivity index (χ1) is 8.15. The Labute approximate surface area is 101 Å². The van der Waals surface area contributed by atoms with E-state index in [0.717, 1.165) is 5.69 Å². The number of aromatic nitrogens is 1. The number of benzene rings is 1. The maximum absolute atomic E-state index is 13.3. The summed E-state index contributed by atoms with van der Waals surface area (Å²) in [6.45, 7) is 1.80. The van der Waals surface area contributed by atoms with Crippen LogP contribution in [-0.4, -0.2) is 9.37 Å². The largest absolute Gasteiger partial charge is 0.360 e. The number of aryl methyl sites for hydroxylation is 1. The van der Waals surface area contributed by atoms with Gasteiger partial charge in [-0.1, -0.05) is 23.4 Å². The van der Waals surface area contributed by atoms with Crippen LogP contribution in [0.2, 0.25) is 0 Å². The second kappa shape index (κ2) is 5.23. The third-order valence-corrected chi connectivity index (χ3v) is 3.49. The minimum Gasteiger partial charge on any atom is -0.360 e. The summed E-state index contributed by atoms with van der Waals surface area (Å²) in [5, 5.41) is 3.71. The lowest BCUT2D eigenvalue weighted by molar-refractivity contribution is 0.390. The molecule has 1 atom stereocenters. The van der Waals surface area contributed by atoms with Gasteiger partial charge in [-0.3, -0.25) is 4.21 Å². The van der Waals surface area contributed by atoms with Crippen molar-refractivity contribution < 1.29 is 13.1 Å². The van der Waals surface area contributed by atoms with E-state index in [1.165, 1.54) is 6.07 Å². The normalized spacial score (nSPS) is 12.6. The van der Waals surface area contributed by atoms with Crippen molar-refractivity contribution in [2.24, 2.45) is 0 Å². The van der Waals surface area contributed by atoms with Crippen molar-refractivity contribution in [2.45, 2.75) is 18.4 Å². The molecule has 3 nitrogen and oxygen atoms in total. The molecule has 0 fully saturated rings. The fourth-order valence-electron chi connectivity index (χ4n) is 1.48. The second-order valence-corrected chi connectivity index (χ2v) is 5.21. The van der Waals surface area contributed by atoms with Crippen LogP contribution >= 0.6 is 0 Å². The Morgan fingerprint density at radius 3 is 2.76 bits per heavy atom. The molecule has 0 bridgehead atoms. The predicted molar refractivity (Wildman–Crippen MR) is 63.2 cm³/mol. The Morgan fingerprint density at radius 2 is 2.12 bits per heavy atom. The average Bonchev–Trinajstić information content (AvgIpc) is 2.67. The smallest absolute Gasteiger partial charge is 0.149 e. The molecule has 0 aliphatic heterocycles. The zero-order valence-corrected chi connectivity index (χ0v) is 10.2. The average molecular weight is 253 g/mol. The first-order valence-electron chi connectivity index (χ1n) is 5.16. The van der Waals surface area contributed by atoms with Gasteiger partial charge < -0.3 is 4.52 Å². The van der Waals surface area contributed by atoms with E-state index in [-0.39, 0.29) is 17.3 Å². The molecule has 2 aromatic rings. The molecule has 0 radical (unpaired) electrons. The zero-order valence-electron chi connectivity index (χ0n) is 9.35. The molecule has 0 aliphatic carbocycles. The molecule has 0 unspecified atom stereocenters. The summed E-state index contributed by atoms with van der Waals surface area (Å²) in [7, 11) is -1.19. The SMILES string of the molecule is Cc1cc(C[S@](=O)Cc2ccccc2F)on1. The molecule has 5 heteroatoms. The van der Waals surface area contributed by atoms with Crippen LogP contribution in [0, 0.1) is 12.7 Å². The fraction of sp³-hybridized carbons (Fsp3) is 0.250. The lowest BCUT2D eigenvalue weighted by atomic mass is 10.2. The molecule has 1 aromatic heterocycles. The van der Waals surface area contributed by atoms with Crippen molar-refractivity contribution in [2.75, 3.05) is 0 Å². The molecular weight excluding hydrogens is 241 g/mol. The summed E-state index contributed by atoms with van der Waals surface area (Å²) in [5.74, 6) is 0.688. The molecule has 2 rings (SSSR count). The van der Waals surface area contributed by atoms with Gasteiger partial charge in [-0.2, -0.15) is 0 Å². The van der Waals surface area contributed by atoms with Gasteiger partial charge >= 0.3 is 0 Å². The van der Waals surface area contributed by atoms with Crippen LogP contribution in [0.1, 0.15) is 17.0 Å². The van der Waals surface area contributed by atoms with Crippen molar-refractivity contribution in [1.82, 2.24) is 5.16 Å². The van der Waals surface area contributed by atoms with Crippen LogP contribution in [-0.2, 0) is 22.3 Å². The molecule has 1 aromatic carbocycles. The Hall–Kier alpha value is -1.49. The van der Waals surface area contributed by atoms with E-state index in [4.69, 9.17) is 4.52 Å². The van der Waals surface area contributed by atoms with Crippen molar-refractivity contribution in [3.8, 4) is 0 Å². The van der Waals surface area contributed by atoms with E-state index in [1.54, 1.807) is 31.2 Å². The van der Waals surface area contributed by atoms with Crippen LogP contribution in [0.4, 0.5) is 4.39 Å². The van der Waals surface area contributed by atoms with Gasteiger partial charge in [0.2, 0.25) is 0 Å². The monoisotopic (exact) mass is 253 g/mol. The summed E-state index contributed by atoms with van der Waals surface area (Å²) in [6.07, 6.45) is 0. The van der Waals surface area contributed by atoms with Crippen LogP contribution in [0.15, 0.2) is 34.9 Å². The summed E-state index contributed by atoms with van der Waals surface area (Å²) in [5.41, 5.74) is 1.21. The van der Waals surface area contributed by atoms with Gasteiger partial charge in [0.1, 0.15) is 11.6 Å². The Balaban J connectivity index is 2.01. The fourth-order valence-corrected chi connectivity index (χ4v) is 2.62. The van der Waals surface area contributed by atoms with Gasteiger partial charge in [-0.15, -0.1) is 0 Å². The Morgan fingerprint density at radius 1 is 1.35 bits per heavy atom. The van der Waals surface area contributed by atoms with E-state index in [1.807, 2.05) is 0 Å². The quantitative estimate of drug-likeness (QED) is 0.841. The van der Waals surface area contributed by atoms with Crippen LogP contribution in [0.3, 0.4) is 0 Å². The molecule has 17 heavy (non-hydrogen) atoms. The number of hydrogen-bond donors (Lipinski definition) is 0. The van der Waals surface area contributed by atoms with Gasteiger partial charge in [0.05, 0.1) is 17.2 Å². The van der Waals surface area contributed by atoms with Crippen molar-refractivity contribution in [3.63, 3.8) is 0 Å². The summed E-state index contributed by atoms with van der Waals surface area (Å²) < 4.78 is 30.1. The maximum atomic E-state index is 13.3. The molecular formula is C12H12FNO2S. The summed E-state index contributed by atoms with van der Waals surface area (Å²) >= 11 is 0. The van der Waals surface area contributed by atoms with Crippen molar-refractivity contribution in [3.05, 3.63) is 53.2 Å². The molecule has 0 spiro atoms. The third kappa shape index (κ3) is 3.23. The van der Waals surface area contributed by atoms with Gasteiger partial charge in [-0.25, -0.2) is 4.39 Å². The lowest BCUT2D eigenvalue weighted by Crippen LogP contribution is -2.00. The minimum atomic E-state index is -1.19. The van der Waals surface area contributed by atoms with Crippen LogP contribution < -0.4 is 0 Å². The van der Waals surface area contributed by atoms with Crippen molar-refractivity contribution in [1.29, 1.82) is 0 Å². The lowest BCUT2D eigenvalue weighted by Gasteiger charge is -2.01. The van der Waals surface area contributed by atoms with Crippen molar-refractivity contribution >= 4 is 10.8 Å². The van der Waals surface area contributed by atoms with Gasteiger partial charge in [-0.05, 0) is 13.0 Å². The molecule has 0 amide bonds. The minimum absolute atomic E-state index is 0.187. The Kier molecular flexibility index (Phi) is 3.68. The third-order valence-electron chi connectivity index (χ3n) is 2.25. The molecule has 0 saturated heterocycles. The van der Waals surface area contributed by atoms with Gasteiger partial charge in [0.25, 0.3) is 0 Å². The maximum Gasteiger partial charge on any atom is 0.149 e. The second-order valence-electron chi connectivity index (χ2n) is 3.75. The topological polar surface area (TPSA) is 43.1 Å². The number of nitrogens with zero attached hydrogens (tertiary/aromatic N) is 1. The van der Waals surface area contributed by atoms with Gasteiger partial charge in [0.15, 0.2) is 0 Å². The van der Waals surface area contributed by atoms with Gasteiger partial charge in [0, 0.05) is 22.4 Å². The molecule has 0 saturated carbocycles. The number of halogens is 1. The summed E-state index contributed by atoms with van der Waals surface area (Å²) in [4.78, 5) is 0. The standard InChI is InChI=1S/C12H12FNO2S/c1-9-6-11(16-14-9)8-17(15)7-10-4-2-3-5-12(10)13/h2-6H,7-8H2,1H3/t17-/m1/s1. The molecule has 90 valence electrons. The first-order valence-corrected chi connectivity index (χ1v) is 6.64. The zero-order chi connectivity index (χ0) is 12.3. The highest BCUT2D eigenvalue weighted by Gasteiger charge is 2.09. The highest BCUT2D eigenvalue weighted by Crippen LogP contribution is 2.12. The van der Waals surface area contributed by atoms with E-state index < -0.39 is 10.8 Å². The molecule has 0 aliphatic rings. The highest BCUT2D eigenvalue weighted by molar-refractivity contribution is 7.83. The molecule has 0 N–H and O–H groups in total. The first kappa shape index (κ1) is 12.0. The van der Waals surface area contributed by atoms with E-state index in [2.05, 4.69) is 5.16 Å². The Bertz CT molecular complexity index is 539. The number of rotatable bonds is 4.